The van der Waals surface area contributed by atoms with Gasteiger partial charge in [-0.05, 0) is 30.2 Å². The van der Waals surface area contributed by atoms with Gasteiger partial charge in [-0.1, -0.05) is 48.0 Å². The Bertz CT molecular complexity index is 1200. The maximum absolute atomic E-state index is 13.5. The third kappa shape index (κ3) is 5.76. The highest BCUT2D eigenvalue weighted by molar-refractivity contribution is 6.31. The minimum Gasteiger partial charge on any atom is -0.350 e. The van der Waals surface area contributed by atoms with Crippen LogP contribution in [0.25, 0.3) is 5.69 Å². The first kappa shape index (κ1) is 24.6. The van der Waals surface area contributed by atoms with Crippen molar-refractivity contribution < 1.29 is 22.8 Å². The molecule has 2 N–H and O–H groups in total. The number of hydrogen-bond donors (Lipinski definition) is 2. The van der Waals surface area contributed by atoms with E-state index in [0.717, 1.165) is 22.9 Å². The molecule has 0 radical (unpaired) electrons. The smallest absolute Gasteiger partial charge is 0.350 e. The molecular weight excluding hydrogens is 483 g/mol. The van der Waals surface area contributed by atoms with E-state index in [9.17, 15) is 22.8 Å². The molecule has 3 aromatic rings. The first-order valence-corrected chi connectivity index (χ1v) is 11.4. The molecule has 1 fully saturated rings. The molecule has 35 heavy (non-hydrogen) atoms. The van der Waals surface area contributed by atoms with Crippen molar-refractivity contribution >= 4 is 23.5 Å². The molecule has 0 saturated carbocycles. The molecule has 1 aromatic heterocycles. The van der Waals surface area contributed by atoms with E-state index in [1.54, 1.807) is 35.2 Å². The molecule has 1 aliphatic rings. The van der Waals surface area contributed by atoms with Gasteiger partial charge in [0, 0.05) is 43.3 Å². The van der Waals surface area contributed by atoms with E-state index in [0.29, 0.717) is 23.8 Å². The standard InChI is InChI=1S/C24H23ClF3N5O2/c25-20-9-5-4-8-18(20)16-10-13-32(14-16)23(35)30-12-11-29-22(34)19-15-33(17-6-2-1-3-7-17)31-21(19)24(26,27)28/h1-9,15-16H,10-14H2,(H,29,34)(H,30,35). The number of alkyl halides is 3. The van der Waals surface area contributed by atoms with Gasteiger partial charge in [0.2, 0.25) is 0 Å². The zero-order chi connectivity index (χ0) is 25.0. The number of amides is 3. The van der Waals surface area contributed by atoms with Crippen molar-refractivity contribution in [3.05, 3.63) is 82.6 Å². The molecule has 3 amide bonds. The molecule has 1 aliphatic heterocycles. The van der Waals surface area contributed by atoms with Gasteiger partial charge in [0.15, 0.2) is 5.69 Å². The van der Waals surface area contributed by atoms with Crippen LogP contribution in [-0.2, 0) is 6.18 Å². The number of nitrogens with zero attached hydrogens (tertiary/aromatic N) is 3. The number of rotatable bonds is 6. The zero-order valence-electron chi connectivity index (χ0n) is 18.6. The summed E-state index contributed by atoms with van der Waals surface area (Å²) in [6, 6.07) is 15.4. The van der Waals surface area contributed by atoms with E-state index in [4.69, 9.17) is 11.6 Å². The Morgan fingerprint density at radius 3 is 2.43 bits per heavy atom. The molecule has 0 spiro atoms. The van der Waals surface area contributed by atoms with Crippen LogP contribution in [0.15, 0.2) is 60.8 Å². The fourth-order valence-corrected chi connectivity index (χ4v) is 4.31. The number of para-hydroxylation sites is 1. The van der Waals surface area contributed by atoms with Crippen LogP contribution >= 0.6 is 11.6 Å². The average molecular weight is 506 g/mol. The SMILES string of the molecule is O=C(NCCNC(=O)N1CCC(c2ccccc2Cl)C1)c1cn(-c2ccccc2)nc1C(F)(F)F. The molecular formula is C24H23ClF3N5O2. The number of halogens is 4. The number of carbonyl (C=O) groups is 2. The van der Waals surface area contributed by atoms with Crippen molar-refractivity contribution in [3.63, 3.8) is 0 Å². The van der Waals surface area contributed by atoms with Gasteiger partial charge in [-0.2, -0.15) is 18.3 Å². The van der Waals surface area contributed by atoms with Crippen LogP contribution in [0.1, 0.15) is 34.0 Å². The van der Waals surface area contributed by atoms with Crippen LogP contribution < -0.4 is 10.6 Å². The normalized spacial score (nSPS) is 15.8. The third-order valence-corrected chi connectivity index (χ3v) is 6.10. The molecule has 1 atom stereocenters. The van der Waals surface area contributed by atoms with Gasteiger partial charge in [-0.15, -0.1) is 0 Å². The summed E-state index contributed by atoms with van der Waals surface area (Å²) < 4.78 is 41.4. The molecule has 184 valence electrons. The Morgan fingerprint density at radius 2 is 1.71 bits per heavy atom. The molecule has 7 nitrogen and oxygen atoms in total. The average Bonchev–Trinajstić information content (AvgIpc) is 3.51. The van der Waals surface area contributed by atoms with Gasteiger partial charge >= 0.3 is 12.2 Å². The highest BCUT2D eigenvalue weighted by Crippen LogP contribution is 2.32. The van der Waals surface area contributed by atoms with E-state index in [-0.39, 0.29) is 25.0 Å². The Kier molecular flexibility index (Phi) is 7.30. The predicted octanol–water partition coefficient (Wildman–Crippen LogP) is 4.47. The first-order chi connectivity index (χ1) is 16.7. The first-order valence-electron chi connectivity index (χ1n) is 11.0. The summed E-state index contributed by atoms with van der Waals surface area (Å²) in [7, 11) is 0. The van der Waals surface area contributed by atoms with E-state index >= 15 is 0 Å². The van der Waals surface area contributed by atoms with Crippen molar-refractivity contribution in [1.82, 2.24) is 25.3 Å². The highest BCUT2D eigenvalue weighted by Gasteiger charge is 2.39. The van der Waals surface area contributed by atoms with Gasteiger partial charge in [-0.25, -0.2) is 9.48 Å². The summed E-state index contributed by atoms with van der Waals surface area (Å²) in [6.45, 7) is 1.09. The van der Waals surface area contributed by atoms with Gasteiger partial charge in [0.25, 0.3) is 5.91 Å². The summed E-state index contributed by atoms with van der Waals surface area (Å²) in [4.78, 5) is 26.6. The molecule has 4 rings (SSSR count). The van der Waals surface area contributed by atoms with E-state index in [1.807, 2.05) is 24.3 Å². The van der Waals surface area contributed by atoms with Crippen molar-refractivity contribution in [2.24, 2.45) is 0 Å². The lowest BCUT2D eigenvalue weighted by atomic mass is 9.98. The van der Waals surface area contributed by atoms with Crippen molar-refractivity contribution in [1.29, 1.82) is 0 Å². The Hall–Kier alpha value is -3.53. The topological polar surface area (TPSA) is 79.3 Å². The van der Waals surface area contributed by atoms with Crippen LogP contribution in [0.5, 0.6) is 0 Å². The summed E-state index contributed by atoms with van der Waals surface area (Å²) in [5.41, 5.74) is -0.473. The Balaban J connectivity index is 1.31. The van der Waals surface area contributed by atoms with Crippen molar-refractivity contribution in [2.75, 3.05) is 26.2 Å². The van der Waals surface area contributed by atoms with Crippen LogP contribution in [0.3, 0.4) is 0 Å². The second-order valence-corrected chi connectivity index (χ2v) is 8.52. The van der Waals surface area contributed by atoms with Crippen LogP contribution in [0.4, 0.5) is 18.0 Å². The Morgan fingerprint density at radius 1 is 1.03 bits per heavy atom. The number of likely N-dealkylation sites (tertiary alicyclic amines) is 1. The highest BCUT2D eigenvalue weighted by atomic mass is 35.5. The maximum atomic E-state index is 13.5. The molecule has 1 saturated heterocycles. The summed E-state index contributed by atoms with van der Waals surface area (Å²) in [5.74, 6) is -0.787. The van der Waals surface area contributed by atoms with Crippen molar-refractivity contribution in [2.45, 2.75) is 18.5 Å². The van der Waals surface area contributed by atoms with Gasteiger partial charge in [-0.3, -0.25) is 4.79 Å². The largest absolute Gasteiger partial charge is 0.435 e. The third-order valence-electron chi connectivity index (χ3n) is 5.76. The van der Waals surface area contributed by atoms with Gasteiger partial charge in [0.1, 0.15) is 0 Å². The maximum Gasteiger partial charge on any atom is 0.435 e. The fourth-order valence-electron chi connectivity index (χ4n) is 4.02. The minimum atomic E-state index is -4.80. The van der Waals surface area contributed by atoms with E-state index in [2.05, 4.69) is 15.7 Å². The minimum absolute atomic E-state index is 0.0415. The van der Waals surface area contributed by atoms with Crippen LogP contribution in [0.2, 0.25) is 5.02 Å². The molecule has 1 unspecified atom stereocenters. The number of nitrogens with one attached hydrogen (secondary N) is 2. The monoisotopic (exact) mass is 505 g/mol. The lowest BCUT2D eigenvalue weighted by Gasteiger charge is -2.18. The van der Waals surface area contributed by atoms with E-state index in [1.165, 1.54) is 0 Å². The molecule has 2 aromatic carbocycles. The fraction of sp³-hybridized carbons (Fsp3) is 0.292. The second-order valence-electron chi connectivity index (χ2n) is 8.11. The summed E-state index contributed by atoms with van der Waals surface area (Å²) in [5, 5.41) is 9.34. The molecule has 2 heterocycles. The van der Waals surface area contributed by atoms with Gasteiger partial charge in [0.05, 0.1) is 11.3 Å². The lowest BCUT2D eigenvalue weighted by Crippen LogP contribution is -2.42. The second kappa shape index (κ2) is 10.4. The predicted molar refractivity (Wildman–Crippen MR) is 125 cm³/mol. The molecule has 0 bridgehead atoms. The number of aromatic nitrogens is 2. The van der Waals surface area contributed by atoms with Gasteiger partial charge < -0.3 is 15.5 Å². The number of benzene rings is 2. The van der Waals surface area contributed by atoms with Crippen LogP contribution in [0, 0.1) is 0 Å². The number of carbonyl (C=O) groups excluding carboxylic acids is 2. The number of urea groups is 1. The van der Waals surface area contributed by atoms with Crippen molar-refractivity contribution in [3.8, 4) is 5.69 Å². The Labute approximate surface area is 204 Å². The molecule has 0 aliphatic carbocycles. The summed E-state index contributed by atoms with van der Waals surface area (Å²) in [6.07, 6.45) is -2.97. The molecule has 11 heteroatoms. The number of hydrogen-bond acceptors (Lipinski definition) is 3. The zero-order valence-corrected chi connectivity index (χ0v) is 19.3. The van der Waals surface area contributed by atoms with Crippen LogP contribution in [-0.4, -0.2) is 52.8 Å². The van der Waals surface area contributed by atoms with E-state index < -0.39 is 23.3 Å². The summed E-state index contributed by atoms with van der Waals surface area (Å²) >= 11 is 6.25. The lowest BCUT2D eigenvalue weighted by molar-refractivity contribution is -0.141. The quantitative estimate of drug-likeness (QED) is 0.485.